The number of carbonyl (C=O) groups is 1. The molecule has 0 saturated heterocycles. The van der Waals surface area contributed by atoms with E-state index in [4.69, 9.17) is 4.74 Å². The third kappa shape index (κ3) is 6.17. The Bertz CT molecular complexity index is 640. The predicted octanol–water partition coefficient (Wildman–Crippen LogP) is 2.73. The number of likely N-dealkylation sites (N-methyl/N-ethyl adjacent to an activating group) is 1. The van der Waals surface area contributed by atoms with Crippen molar-refractivity contribution in [2.24, 2.45) is 4.99 Å². The molecule has 1 atom stereocenters. The fraction of sp³-hybridized carbons (Fsp3) is 0.737. The highest BCUT2D eigenvalue weighted by atomic mass is 32.1. The first kappa shape index (κ1) is 21.6. The van der Waals surface area contributed by atoms with Crippen LogP contribution in [0.3, 0.4) is 0 Å². The number of ether oxygens (including phenoxy) is 1. The molecule has 1 aromatic heterocycles. The summed E-state index contributed by atoms with van der Waals surface area (Å²) in [5.41, 5.74) is 0.711. The van der Waals surface area contributed by atoms with E-state index in [1.165, 1.54) is 37.0 Å². The molecule has 0 bridgehead atoms. The average Bonchev–Trinajstić information content (AvgIpc) is 3.30. The molecule has 1 aromatic rings. The third-order valence-corrected chi connectivity index (χ3v) is 6.25. The molecule has 1 saturated carbocycles. The Morgan fingerprint density at radius 2 is 2.15 bits per heavy atom. The third-order valence-electron chi connectivity index (χ3n) is 4.93. The molecular weight excluding hydrogens is 362 g/mol. The number of guanidine groups is 1. The van der Waals surface area contributed by atoms with Gasteiger partial charge in [0.05, 0.1) is 18.3 Å². The zero-order valence-electron chi connectivity index (χ0n) is 17.2. The summed E-state index contributed by atoms with van der Waals surface area (Å²) in [6.45, 7) is 7.85. The number of rotatable bonds is 8. The second kappa shape index (κ2) is 10.6. The molecular formula is C19H33N5O2S. The summed E-state index contributed by atoms with van der Waals surface area (Å²) >= 11 is 1.37. The Hall–Kier alpha value is -1.67. The van der Waals surface area contributed by atoms with Gasteiger partial charge in [-0.3, -0.25) is 4.99 Å². The van der Waals surface area contributed by atoms with Crippen LogP contribution in [0.2, 0.25) is 0 Å². The minimum Gasteiger partial charge on any atom is -0.462 e. The summed E-state index contributed by atoms with van der Waals surface area (Å²) < 4.78 is 5.09. The molecule has 1 fully saturated rings. The Kier molecular flexibility index (Phi) is 8.50. The summed E-state index contributed by atoms with van der Waals surface area (Å²) in [4.78, 5) is 23.8. The molecule has 152 valence electrons. The van der Waals surface area contributed by atoms with E-state index >= 15 is 0 Å². The molecule has 2 N–H and O–H groups in total. The molecule has 1 aliphatic carbocycles. The van der Waals surface area contributed by atoms with Crippen LogP contribution < -0.4 is 10.6 Å². The largest absolute Gasteiger partial charge is 0.462 e. The van der Waals surface area contributed by atoms with Crippen LogP contribution in [-0.4, -0.2) is 61.6 Å². The van der Waals surface area contributed by atoms with Gasteiger partial charge >= 0.3 is 5.97 Å². The monoisotopic (exact) mass is 395 g/mol. The topological polar surface area (TPSA) is 78.8 Å². The smallest absolute Gasteiger partial charge is 0.350 e. The normalized spacial score (nSPS) is 16.6. The Morgan fingerprint density at radius 1 is 1.44 bits per heavy atom. The fourth-order valence-corrected chi connectivity index (χ4v) is 4.29. The first-order chi connectivity index (χ1) is 13.0. The van der Waals surface area contributed by atoms with E-state index in [0.29, 0.717) is 17.2 Å². The number of aliphatic imine (C=N–C) groups is 1. The minimum atomic E-state index is -0.302. The van der Waals surface area contributed by atoms with Gasteiger partial charge in [0.1, 0.15) is 9.88 Å². The number of hydrogen-bond acceptors (Lipinski definition) is 6. The van der Waals surface area contributed by atoms with Gasteiger partial charge < -0.3 is 20.3 Å². The first-order valence-corrected chi connectivity index (χ1v) is 10.6. The second-order valence-electron chi connectivity index (χ2n) is 6.97. The van der Waals surface area contributed by atoms with Crippen LogP contribution in [0, 0.1) is 6.92 Å². The summed E-state index contributed by atoms with van der Waals surface area (Å²) in [5, 5.41) is 7.57. The van der Waals surface area contributed by atoms with Gasteiger partial charge in [-0.2, -0.15) is 0 Å². The van der Waals surface area contributed by atoms with Crippen molar-refractivity contribution in [1.82, 2.24) is 20.5 Å². The molecule has 0 amide bonds. The summed E-state index contributed by atoms with van der Waals surface area (Å²) in [6, 6.07) is 0.677. The maximum atomic E-state index is 12.0. The van der Waals surface area contributed by atoms with Crippen LogP contribution in [0.1, 0.15) is 65.9 Å². The number of aryl methyl sites for hydroxylation is 1. The maximum Gasteiger partial charge on any atom is 0.350 e. The van der Waals surface area contributed by atoms with Crippen molar-refractivity contribution in [2.45, 2.75) is 58.5 Å². The lowest BCUT2D eigenvalue weighted by atomic mass is 10.2. The van der Waals surface area contributed by atoms with Crippen molar-refractivity contribution in [3.05, 3.63) is 15.6 Å². The molecule has 0 spiro atoms. The highest BCUT2D eigenvalue weighted by molar-refractivity contribution is 7.13. The molecule has 1 heterocycles. The van der Waals surface area contributed by atoms with Crippen LogP contribution in [0.4, 0.5) is 0 Å². The lowest BCUT2D eigenvalue weighted by molar-refractivity contribution is 0.0531. The quantitative estimate of drug-likeness (QED) is 0.400. The molecule has 0 aromatic carbocycles. The number of thiazole rings is 1. The predicted molar refractivity (Wildman–Crippen MR) is 111 cm³/mol. The molecule has 0 radical (unpaired) electrons. The lowest BCUT2D eigenvalue weighted by Crippen LogP contribution is -2.43. The number of nitrogens with zero attached hydrogens (tertiary/aromatic N) is 3. The minimum absolute atomic E-state index is 0.0457. The van der Waals surface area contributed by atoms with E-state index in [9.17, 15) is 4.79 Å². The van der Waals surface area contributed by atoms with Crippen LogP contribution in [0.15, 0.2) is 4.99 Å². The second-order valence-corrected chi connectivity index (χ2v) is 8.00. The van der Waals surface area contributed by atoms with Gasteiger partial charge in [0, 0.05) is 26.2 Å². The van der Waals surface area contributed by atoms with E-state index in [1.54, 1.807) is 14.0 Å². The van der Waals surface area contributed by atoms with Crippen LogP contribution >= 0.6 is 11.3 Å². The average molecular weight is 396 g/mol. The zero-order valence-corrected chi connectivity index (χ0v) is 18.0. The van der Waals surface area contributed by atoms with Gasteiger partial charge in [0.25, 0.3) is 0 Å². The van der Waals surface area contributed by atoms with E-state index < -0.39 is 0 Å². The standard InChI is InChI=1S/C19H33N5O2S/c1-6-26-18(25)16-13(2)22-17(27-16)14(3)23-19(20-4)21-11-12-24(5)15-9-7-8-10-15/h14-15H,6-12H2,1-5H3,(H2,20,21,23). The van der Waals surface area contributed by atoms with Crippen LogP contribution in [0.25, 0.3) is 0 Å². The van der Waals surface area contributed by atoms with E-state index in [-0.39, 0.29) is 12.0 Å². The van der Waals surface area contributed by atoms with Gasteiger partial charge in [0.15, 0.2) is 5.96 Å². The Morgan fingerprint density at radius 3 is 2.78 bits per heavy atom. The van der Waals surface area contributed by atoms with Crippen molar-refractivity contribution in [3.8, 4) is 0 Å². The zero-order chi connectivity index (χ0) is 19.8. The van der Waals surface area contributed by atoms with Gasteiger partial charge in [-0.1, -0.05) is 12.8 Å². The summed E-state index contributed by atoms with van der Waals surface area (Å²) in [7, 11) is 3.96. The van der Waals surface area contributed by atoms with Gasteiger partial charge in [-0.15, -0.1) is 11.3 Å². The van der Waals surface area contributed by atoms with Crippen molar-refractivity contribution < 1.29 is 9.53 Å². The fourth-order valence-electron chi connectivity index (χ4n) is 3.33. The first-order valence-electron chi connectivity index (χ1n) is 9.78. The highest BCUT2D eigenvalue weighted by Crippen LogP contribution is 2.24. The van der Waals surface area contributed by atoms with Crippen molar-refractivity contribution in [2.75, 3.05) is 33.8 Å². The molecule has 8 heteroatoms. The maximum absolute atomic E-state index is 12.0. The van der Waals surface area contributed by atoms with Crippen LogP contribution in [0.5, 0.6) is 0 Å². The lowest BCUT2D eigenvalue weighted by Gasteiger charge is -2.24. The Balaban J connectivity index is 1.84. The van der Waals surface area contributed by atoms with E-state index in [1.807, 2.05) is 13.8 Å². The van der Waals surface area contributed by atoms with E-state index in [0.717, 1.165) is 30.1 Å². The number of carbonyl (C=O) groups excluding carboxylic acids is 1. The van der Waals surface area contributed by atoms with Gasteiger partial charge in [-0.05, 0) is 40.7 Å². The van der Waals surface area contributed by atoms with Crippen molar-refractivity contribution in [1.29, 1.82) is 0 Å². The summed E-state index contributed by atoms with van der Waals surface area (Å²) in [5.74, 6) is 0.441. The molecule has 7 nitrogen and oxygen atoms in total. The number of hydrogen-bond donors (Lipinski definition) is 2. The molecule has 2 rings (SSSR count). The van der Waals surface area contributed by atoms with Crippen LogP contribution in [-0.2, 0) is 4.74 Å². The number of esters is 1. The number of nitrogens with one attached hydrogen (secondary N) is 2. The molecule has 1 unspecified atom stereocenters. The van der Waals surface area contributed by atoms with Crippen molar-refractivity contribution in [3.63, 3.8) is 0 Å². The molecule has 1 aliphatic rings. The SMILES string of the molecule is CCOC(=O)c1sc(C(C)NC(=NC)NCCN(C)C2CCCC2)nc1C. The van der Waals surface area contributed by atoms with E-state index in [2.05, 4.69) is 32.6 Å². The van der Waals surface area contributed by atoms with Gasteiger partial charge in [-0.25, -0.2) is 9.78 Å². The highest BCUT2D eigenvalue weighted by Gasteiger charge is 2.21. The Labute approximate surface area is 166 Å². The molecule has 27 heavy (non-hydrogen) atoms. The van der Waals surface area contributed by atoms with Crippen molar-refractivity contribution >= 4 is 23.3 Å². The molecule has 0 aliphatic heterocycles. The number of aromatic nitrogens is 1. The van der Waals surface area contributed by atoms with Gasteiger partial charge in [0.2, 0.25) is 0 Å². The summed E-state index contributed by atoms with van der Waals surface area (Å²) in [6.07, 6.45) is 5.33.